The minimum Gasteiger partial charge on any atom is -0.285 e. The normalized spacial score (nSPS) is 9.29. The van der Waals surface area contributed by atoms with Gasteiger partial charge in [0.05, 0.1) is 0 Å². The Morgan fingerprint density at radius 3 is 2.43 bits per heavy atom. The molecule has 37 valence electrons. The quantitative estimate of drug-likeness (QED) is 0.365. The van der Waals surface area contributed by atoms with Gasteiger partial charge < -0.3 is 0 Å². The van der Waals surface area contributed by atoms with Gasteiger partial charge >= 0.3 is 0 Å². The van der Waals surface area contributed by atoms with Gasteiger partial charge in [-0.3, -0.25) is 9.59 Å². The minimum absolute atomic E-state index is 0.609. The Hall–Kier alpha value is -0.920. The van der Waals surface area contributed by atoms with Crippen molar-refractivity contribution in [1.29, 1.82) is 0 Å². The molecule has 0 bridgehead atoms. The van der Waals surface area contributed by atoms with Gasteiger partial charge in [-0.2, -0.15) is 0 Å². The average Bonchev–Trinajstić information content (AvgIpc) is 1.68. The van der Waals surface area contributed by atoms with Gasteiger partial charge in [-0.15, -0.1) is 0 Å². The van der Waals surface area contributed by atoms with E-state index in [9.17, 15) is 9.59 Å². The maximum absolute atomic E-state index is 9.90. The van der Waals surface area contributed by atoms with Gasteiger partial charge in [-0.1, -0.05) is 6.08 Å². The molecule has 2 nitrogen and oxygen atoms in total. The number of carbonyl (C=O) groups excluding carboxylic acids is 2. The smallest absolute Gasteiger partial charge is 0.276 e. The maximum Gasteiger partial charge on any atom is 0.276 e. The summed E-state index contributed by atoms with van der Waals surface area (Å²) >= 11 is 0. The second kappa shape index (κ2) is 3.28. The summed E-state index contributed by atoms with van der Waals surface area (Å²) in [6, 6.07) is 0. The van der Waals surface area contributed by atoms with E-state index < -0.39 is 5.78 Å². The standard InChI is InChI=1S/C5H5O2/c1-2-3-5(7)4-6/h2-3H,1H3/b3-2-. The number of ketones is 1. The Kier molecular flexibility index (Phi) is 2.85. The SMILES string of the molecule is C/C=C\C(=O)[C]=O. The van der Waals surface area contributed by atoms with Crippen molar-refractivity contribution < 1.29 is 9.59 Å². The Labute approximate surface area is 41.8 Å². The van der Waals surface area contributed by atoms with E-state index in [1.807, 2.05) is 0 Å². The summed E-state index contributed by atoms with van der Waals surface area (Å²) in [5.74, 6) is -0.609. The molecule has 7 heavy (non-hydrogen) atoms. The molecule has 0 fully saturated rings. The number of rotatable bonds is 2. The molecule has 0 saturated carbocycles. The zero-order valence-corrected chi connectivity index (χ0v) is 3.97. The zero-order chi connectivity index (χ0) is 5.70. The third-order valence-corrected chi connectivity index (χ3v) is 0.419. The van der Waals surface area contributed by atoms with E-state index in [1.54, 1.807) is 6.92 Å². The fourth-order valence-electron chi connectivity index (χ4n) is 0.185. The number of carbonyl (C=O) groups is 1. The van der Waals surface area contributed by atoms with Crippen LogP contribution in [0.3, 0.4) is 0 Å². The molecule has 0 rings (SSSR count). The van der Waals surface area contributed by atoms with Crippen LogP contribution in [-0.4, -0.2) is 12.1 Å². The van der Waals surface area contributed by atoms with Crippen molar-refractivity contribution >= 4 is 12.1 Å². The Bertz CT molecular complexity index is 103. The van der Waals surface area contributed by atoms with Crippen molar-refractivity contribution in [3.05, 3.63) is 12.2 Å². The highest BCUT2D eigenvalue weighted by atomic mass is 16.2. The number of hydrogen-bond acceptors (Lipinski definition) is 2. The van der Waals surface area contributed by atoms with Gasteiger partial charge in [0, 0.05) is 0 Å². The van der Waals surface area contributed by atoms with Crippen LogP contribution in [0.4, 0.5) is 0 Å². The third kappa shape index (κ3) is 2.89. The molecule has 0 saturated heterocycles. The van der Waals surface area contributed by atoms with E-state index in [0.717, 1.165) is 6.08 Å². The molecule has 0 heterocycles. The molecule has 0 amide bonds. The molecular formula is C5H5O2. The van der Waals surface area contributed by atoms with E-state index in [1.165, 1.54) is 12.4 Å². The van der Waals surface area contributed by atoms with E-state index >= 15 is 0 Å². The molecule has 2 heteroatoms. The van der Waals surface area contributed by atoms with Crippen molar-refractivity contribution in [2.24, 2.45) is 0 Å². The molecule has 0 aromatic rings. The summed E-state index contributed by atoms with van der Waals surface area (Å²) in [4.78, 5) is 19.3. The van der Waals surface area contributed by atoms with Crippen molar-refractivity contribution in [3.63, 3.8) is 0 Å². The van der Waals surface area contributed by atoms with Crippen molar-refractivity contribution in [2.45, 2.75) is 6.92 Å². The van der Waals surface area contributed by atoms with E-state index in [0.29, 0.717) is 0 Å². The highest BCUT2D eigenvalue weighted by Gasteiger charge is 1.86. The highest BCUT2D eigenvalue weighted by Crippen LogP contribution is 1.67. The molecular weight excluding hydrogens is 92.1 g/mol. The topological polar surface area (TPSA) is 34.1 Å². The van der Waals surface area contributed by atoms with E-state index in [4.69, 9.17) is 0 Å². The summed E-state index contributed by atoms with van der Waals surface area (Å²) in [6.07, 6.45) is 3.84. The van der Waals surface area contributed by atoms with Crippen LogP contribution in [0.25, 0.3) is 0 Å². The summed E-state index contributed by atoms with van der Waals surface area (Å²) in [7, 11) is 0. The Morgan fingerprint density at radius 2 is 2.29 bits per heavy atom. The van der Waals surface area contributed by atoms with Crippen molar-refractivity contribution in [2.75, 3.05) is 0 Å². The molecule has 0 aliphatic heterocycles. The fourth-order valence-corrected chi connectivity index (χ4v) is 0.185. The molecule has 0 aromatic carbocycles. The second-order valence-corrected chi connectivity index (χ2v) is 0.966. The molecule has 0 atom stereocenters. The second-order valence-electron chi connectivity index (χ2n) is 0.966. The van der Waals surface area contributed by atoms with Gasteiger partial charge in [0.15, 0.2) is 0 Å². The molecule has 0 spiro atoms. The highest BCUT2D eigenvalue weighted by molar-refractivity contribution is 6.30. The first-order valence-corrected chi connectivity index (χ1v) is 1.86. The van der Waals surface area contributed by atoms with E-state index in [-0.39, 0.29) is 0 Å². The predicted molar refractivity (Wildman–Crippen MR) is 25.5 cm³/mol. The first-order chi connectivity index (χ1) is 3.31. The summed E-state index contributed by atoms with van der Waals surface area (Å²) in [5.41, 5.74) is 0. The van der Waals surface area contributed by atoms with Crippen molar-refractivity contribution in [1.82, 2.24) is 0 Å². The van der Waals surface area contributed by atoms with Crippen LogP contribution in [0.1, 0.15) is 6.92 Å². The molecule has 0 aliphatic rings. The maximum atomic E-state index is 9.90. The molecule has 0 aromatic heterocycles. The van der Waals surface area contributed by atoms with Crippen LogP contribution in [0.15, 0.2) is 12.2 Å². The Balaban J connectivity index is 3.58. The monoisotopic (exact) mass is 97.0 g/mol. The largest absolute Gasteiger partial charge is 0.285 e. The lowest BCUT2D eigenvalue weighted by Gasteiger charge is -1.66. The molecule has 0 N–H and O–H groups in total. The molecule has 1 radical (unpaired) electrons. The fraction of sp³-hybridized carbons (Fsp3) is 0.200. The summed E-state index contributed by atoms with van der Waals surface area (Å²) in [5, 5.41) is 0. The first-order valence-electron chi connectivity index (χ1n) is 1.86. The van der Waals surface area contributed by atoms with Crippen LogP contribution in [0, 0.1) is 0 Å². The van der Waals surface area contributed by atoms with Gasteiger partial charge in [-0.05, 0) is 13.0 Å². The zero-order valence-electron chi connectivity index (χ0n) is 3.97. The summed E-state index contributed by atoms with van der Waals surface area (Å²) in [6.45, 7) is 1.66. The van der Waals surface area contributed by atoms with E-state index in [2.05, 4.69) is 0 Å². The number of hydrogen-bond donors (Lipinski definition) is 0. The lowest BCUT2D eigenvalue weighted by atomic mass is 10.4. The molecule has 0 unspecified atom stereocenters. The first kappa shape index (κ1) is 6.08. The van der Waals surface area contributed by atoms with Crippen LogP contribution in [0.2, 0.25) is 0 Å². The lowest BCUT2D eigenvalue weighted by molar-refractivity contribution is -0.109. The van der Waals surface area contributed by atoms with Crippen LogP contribution < -0.4 is 0 Å². The third-order valence-electron chi connectivity index (χ3n) is 0.419. The van der Waals surface area contributed by atoms with Gasteiger partial charge in [0.1, 0.15) is 0 Å². The summed E-state index contributed by atoms with van der Waals surface area (Å²) < 4.78 is 0. The minimum atomic E-state index is -0.609. The lowest BCUT2D eigenvalue weighted by Crippen LogP contribution is -1.89. The van der Waals surface area contributed by atoms with Crippen LogP contribution >= 0.6 is 0 Å². The van der Waals surface area contributed by atoms with Crippen LogP contribution in [-0.2, 0) is 9.59 Å². The Morgan fingerprint density at radius 1 is 1.71 bits per heavy atom. The van der Waals surface area contributed by atoms with Crippen LogP contribution in [0.5, 0.6) is 0 Å². The van der Waals surface area contributed by atoms with Crippen molar-refractivity contribution in [3.8, 4) is 0 Å². The van der Waals surface area contributed by atoms with Gasteiger partial charge in [-0.25, -0.2) is 0 Å². The predicted octanol–water partition coefficient (Wildman–Crippen LogP) is 0.241. The molecule has 0 aliphatic carbocycles. The van der Waals surface area contributed by atoms with Gasteiger partial charge in [0.25, 0.3) is 6.29 Å². The number of allylic oxidation sites excluding steroid dienone is 2. The van der Waals surface area contributed by atoms with Gasteiger partial charge in [0.2, 0.25) is 5.78 Å². The average molecular weight is 97.1 g/mol.